The summed E-state index contributed by atoms with van der Waals surface area (Å²) in [7, 11) is 0. The van der Waals surface area contributed by atoms with E-state index in [2.05, 4.69) is 5.92 Å². The summed E-state index contributed by atoms with van der Waals surface area (Å²) in [6.07, 6.45) is 8.75. The molecule has 0 aromatic heterocycles. The molecule has 1 nitrogen and oxygen atoms in total. The summed E-state index contributed by atoms with van der Waals surface area (Å²) in [6.45, 7) is 0.675. The summed E-state index contributed by atoms with van der Waals surface area (Å²) in [5, 5.41) is 0. The van der Waals surface area contributed by atoms with Crippen molar-refractivity contribution >= 4 is 0 Å². The van der Waals surface area contributed by atoms with Crippen molar-refractivity contribution in [2.75, 3.05) is 6.61 Å². The smallest absolute Gasteiger partial charge is 0.136 e. The van der Waals surface area contributed by atoms with Gasteiger partial charge in [-0.2, -0.15) is 0 Å². The molecule has 7 heavy (non-hydrogen) atoms. The predicted molar refractivity (Wildman–Crippen MR) is 27.7 cm³/mol. The van der Waals surface area contributed by atoms with Crippen LogP contribution in [-0.2, 0) is 4.74 Å². The van der Waals surface area contributed by atoms with E-state index in [1.807, 2.05) is 12.2 Å². The van der Waals surface area contributed by atoms with Gasteiger partial charge in [-0.25, -0.2) is 0 Å². The summed E-state index contributed by atoms with van der Waals surface area (Å²) >= 11 is 0. The second-order valence-electron chi connectivity index (χ2n) is 1.35. The third kappa shape index (κ3) is 0.819. The third-order valence-electron chi connectivity index (χ3n) is 0.847. The normalized spacial score (nSPS) is 27.6. The second kappa shape index (κ2) is 1.81. The summed E-state index contributed by atoms with van der Waals surface area (Å²) in [5.74, 6) is 2.45. The maximum absolute atomic E-state index is 5.01. The lowest BCUT2D eigenvalue weighted by Crippen LogP contribution is -1.98. The summed E-state index contributed by atoms with van der Waals surface area (Å²) in [6, 6.07) is 0. The Morgan fingerprint density at radius 3 is 3.00 bits per heavy atom. The van der Waals surface area contributed by atoms with Crippen molar-refractivity contribution in [2.24, 2.45) is 0 Å². The van der Waals surface area contributed by atoms with Crippen LogP contribution in [-0.4, -0.2) is 12.7 Å². The van der Waals surface area contributed by atoms with Gasteiger partial charge < -0.3 is 4.74 Å². The topological polar surface area (TPSA) is 9.23 Å². The largest absolute Gasteiger partial charge is 0.357 e. The lowest BCUT2D eigenvalue weighted by atomic mass is 10.4. The molecule has 36 valence electrons. The Labute approximate surface area is 43.0 Å². The van der Waals surface area contributed by atoms with E-state index in [1.165, 1.54) is 0 Å². The van der Waals surface area contributed by atoms with Gasteiger partial charge in [-0.3, -0.25) is 0 Å². The average molecular weight is 94.1 g/mol. The molecule has 0 aromatic rings. The molecule has 1 aliphatic rings. The van der Waals surface area contributed by atoms with Crippen molar-refractivity contribution < 1.29 is 4.74 Å². The fraction of sp³-hybridized carbons (Fsp3) is 0.333. The highest BCUT2D eigenvalue weighted by atomic mass is 16.5. The molecule has 1 aliphatic heterocycles. The van der Waals surface area contributed by atoms with Crippen molar-refractivity contribution in [3.8, 4) is 12.3 Å². The van der Waals surface area contributed by atoms with Crippen LogP contribution in [0.5, 0.6) is 0 Å². The van der Waals surface area contributed by atoms with Gasteiger partial charge in [-0.15, -0.1) is 6.42 Å². The summed E-state index contributed by atoms with van der Waals surface area (Å²) < 4.78 is 4.95. The van der Waals surface area contributed by atoms with Crippen LogP contribution in [0.3, 0.4) is 0 Å². The minimum Gasteiger partial charge on any atom is -0.357 e. The Hall–Kier alpha value is -0.740. The molecule has 1 unspecified atom stereocenters. The zero-order valence-corrected chi connectivity index (χ0v) is 3.92. The van der Waals surface area contributed by atoms with Gasteiger partial charge >= 0.3 is 0 Å². The van der Waals surface area contributed by atoms with Crippen LogP contribution in [0.4, 0.5) is 0 Å². The first kappa shape index (κ1) is 4.42. The van der Waals surface area contributed by atoms with E-state index in [9.17, 15) is 0 Å². The number of hydrogen-bond donors (Lipinski definition) is 0. The Bertz CT molecular complexity index is 119. The van der Waals surface area contributed by atoms with E-state index in [4.69, 9.17) is 11.2 Å². The van der Waals surface area contributed by atoms with Crippen LogP contribution in [0.2, 0.25) is 0 Å². The van der Waals surface area contributed by atoms with Crippen molar-refractivity contribution in [3.05, 3.63) is 12.2 Å². The van der Waals surface area contributed by atoms with Crippen molar-refractivity contribution in [1.82, 2.24) is 0 Å². The highest BCUT2D eigenvalue weighted by Gasteiger charge is 2.01. The molecule has 1 heterocycles. The van der Waals surface area contributed by atoms with Gasteiger partial charge in [0.05, 0.1) is 6.61 Å². The van der Waals surface area contributed by atoms with Gasteiger partial charge in [0.15, 0.2) is 0 Å². The molecule has 0 amide bonds. The lowest BCUT2D eigenvalue weighted by molar-refractivity contribution is 0.168. The first-order valence-corrected chi connectivity index (χ1v) is 2.18. The molecule has 0 N–H and O–H groups in total. The van der Waals surface area contributed by atoms with Crippen LogP contribution in [0.15, 0.2) is 12.2 Å². The first-order valence-electron chi connectivity index (χ1n) is 2.18. The summed E-state index contributed by atoms with van der Waals surface area (Å²) in [5.41, 5.74) is 0. The van der Waals surface area contributed by atoms with Gasteiger partial charge in [0.2, 0.25) is 0 Å². The monoisotopic (exact) mass is 94.0 g/mol. The van der Waals surface area contributed by atoms with E-state index in [0.717, 1.165) is 0 Å². The third-order valence-corrected chi connectivity index (χ3v) is 0.847. The molecule has 1 rings (SSSR count). The zero-order chi connectivity index (χ0) is 5.11. The molecule has 0 aromatic carbocycles. The molecule has 0 saturated carbocycles. The Morgan fingerprint density at radius 1 is 1.86 bits per heavy atom. The fourth-order valence-corrected chi connectivity index (χ4v) is 0.498. The molecule has 1 atom stereocenters. The molecular formula is C6H6O. The van der Waals surface area contributed by atoms with E-state index in [1.54, 1.807) is 0 Å². The number of hydrogen-bond acceptors (Lipinski definition) is 1. The van der Waals surface area contributed by atoms with Gasteiger partial charge in [0, 0.05) is 0 Å². The minimum atomic E-state index is -0.0556. The second-order valence-corrected chi connectivity index (χ2v) is 1.35. The zero-order valence-electron chi connectivity index (χ0n) is 3.92. The van der Waals surface area contributed by atoms with Crippen LogP contribution in [0.1, 0.15) is 0 Å². The predicted octanol–water partition coefficient (Wildman–Crippen LogP) is 0.575. The Morgan fingerprint density at radius 2 is 2.71 bits per heavy atom. The van der Waals surface area contributed by atoms with E-state index >= 15 is 0 Å². The molecule has 0 saturated heterocycles. The molecule has 0 aliphatic carbocycles. The maximum atomic E-state index is 5.01. The van der Waals surface area contributed by atoms with Crippen LogP contribution >= 0.6 is 0 Å². The number of rotatable bonds is 0. The minimum absolute atomic E-state index is 0.0556. The van der Waals surface area contributed by atoms with Gasteiger partial charge in [-0.05, 0) is 6.08 Å². The van der Waals surface area contributed by atoms with Crippen molar-refractivity contribution in [3.63, 3.8) is 0 Å². The first-order chi connectivity index (χ1) is 3.43. The van der Waals surface area contributed by atoms with Gasteiger partial charge in [-0.1, -0.05) is 12.0 Å². The molecule has 0 fully saturated rings. The standard InChI is InChI=1S/C6H6O/c1-2-6-4-3-5-7-6/h1,3-4,6H,5H2. The summed E-state index contributed by atoms with van der Waals surface area (Å²) in [4.78, 5) is 0. The van der Waals surface area contributed by atoms with Crippen molar-refractivity contribution in [2.45, 2.75) is 6.10 Å². The van der Waals surface area contributed by atoms with Gasteiger partial charge in [0.1, 0.15) is 6.10 Å². The number of terminal acetylenes is 1. The van der Waals surface area contributed by atoms with E-state index < -0.39 is 0 Å². The van der Waals surface area contributed by atoms with E-state index in [0.29, 0.717) is 6.61 Å². The van der Waals surface area contributed by atoms with Crippen LogP contribution < -0.4 is 0 Å². The molecular weight excluding hydrogens is 88.1 g/mol. The van der Waals surface area contributed by atoms with Crippen LogP contribution in [0, 0.1) is 12.3 Å². The van der Waals surface area contributed by atoms with Crippen LogP contribution in [0.25, 0.3) is 0 Å². The number of ether oxygens (including phenoxy) is 1. The lowest BCUT2D eigenvalue weighted by Gasteiger charge is -1.93. The fourth-order valence-electron chi connectivity index (χ4n) is 0.498. The SMILES string of the molecule is C#CC1C=CCO1. The highest BCUT2D eigenvalue weighted by molar-refractivity contribution is 5.10. The quantitative estimate of drug-likeness (QED) is 0.315. The Kier molecular flexibility index (Phi) is 1.14. The molecule has 0 spiro atoms. The van der Waals surface area contributed by atoms with E-state index in [-0.39, 0.29) is 6.10 Å². The van der Waals surface area contributed by atoms with Crippen molar-refractivity contribution in [1.29, 1.82) is 0 Å². The highest BCUT2D eigenvalue weighted by Crippen LogP contribution is 1.99. The molecule has 0 radical (unpaired) electrons. The van der Waals surface area contributed by atoms with Gasteiger partial charge in [0.25, 0.3) is 0 Å². The average Bonchev–Trinajstić information content (AvgIpc) is 2.14. The maximum Gasteiger partial charge on any atom is 0.136 e. The Balaban J connectivity index is 2.47. The molecule has 1 heteroatoms. The molecule has 0 bridgehead atoms.